The summed E-state index contributed by atoms with van der Waals surface area (Å²) in [5.41, 5.74) is 4.89. The first-order valence-corrected chi connectivity index (χ1v) is 13.4. The molecular weight excluding hydrogens is 520 g/mol. The number of aromatic amines is 1. The third-order valence-electron chi connectivity index (χ3n) is 7.44. The number of nitrogens with one attached hydrogen (secondary N) is 2. The molecule has 0 atom stereocenters. The van der Waals surface area contributed by atoms with E-state index >= 15 is 0 Å². The molecular formula is C27H29ClN8O3. The van der Waals surface area contributed by atoms with Crippen molar-refractivity contribution < 1.29 is 14.7 Å². The van der Waals surface area contributed by atoms with Crippen molar-refractivity contribution >= 4 is 51.0 Å². The summed E-state index contributed by atoms with van der Waals surface area (Å²) < 4.78 is 0. The number of carbonyl (C=O) groups is 2. The molecule has 0 bridgehead atoms. The maximum absolute atomic E-state index is 14.0. The Morgan fingerprint density at radius 3 is 2.67 bits per heavy atom. The molecule has 2 aliphatic heterocycles. The van der Waals surface area contributed by atoms with E-state index in [1.165, 1.54) is 0 Å². The number of aromatic nitrogens is 4. The minimum Gasteiger partial charge on any atom is -0.395 e. The van der Waals surface area contributed by atoms with E-state index in [0.29, 0.717) is 66.5 Å². The monoisotopic (exact) mass is 548 g/mol. The number of rotatable bonds is 6. The molecule has 4 heterocycles. The quantitative estimate of drug-likeness (QED) is 0.333. The summed E-state index contributed by atoms with van der Waals surface area (Å²) in [5.74, 6) is -0.209. The number of fused-ring (bicyclic) bond motifs is 3. The molecule has 1 saturated heterocycles. The van der Waals surface area contributed by atoms with Crippen LogP contribution in [0.25, 0.3) is 21.9 Å². The molecule has 2 aromatic carbocycles. The van der Waals surface area contributed by atoms with Gasteiger partial charge in [-0.2, -0.15) is 15.4 Å². The van der Waals surface area contributed by atoms with Crippen molar-refractivity contribution in [3.8, 4) is 0 Å². The van der Waals surface area contributed by atoms with E-state index in [9.17, 15) is 14.7 Å². The van der Waals surface area contributed by atoms with E-state index in [1.807, 2.05) is 34.1 Å². The molecule has 0 unspecified atom stereocenters. The van der Waals surface area contributed by atoms with Gasteiger partial charge in [-0.25, -0.2) is 0 Å². The first-order chi connectivity index (χ1) is 19.0. The molecule has 2 aliphatic rings. The number of aliphatic hydroxyl groups is 1. The van der Waals surface area contributed by atoms with Crippen LogP contribution >= 0.6 is 11.6 Å². The highest BCUT2D eigenvalue weighted by atomic mass is 35.5. The van der Waals surface area contributed by atoms with E-state index < -0.39 is 0 Å². The van der Waals surface area contributed by atoms with Gasteiger partial charge in [0.05, 0.1) is 29.9 Å². The van der Waals surface area contributed by atoms with Gasteiger partial charge in [-0.3, -0.25) is 24.4 Å². The fourth-order valence-corrected chi connectivity index (χ4v) is 5.72. The average molecular weight is 549 g/mol. The van der Waals surface area contributed by atoms with Gasteiger partial charge in [0.2, 0.25) is 5.91 Å². The number of benzene rings is 2. The van der Waals surface area contributed by atoms with Gasteiger partial charge in [0, 0.05) is 73.9 Å². The predicted octanol–water partition coefficient (Wildman–Crippen LogP) is 1.91. The molecule has 2 amide bonds. The first kappa shape index (κ1) is 25.6. The Morgan fingerprint density at radius 1 is 1.03 bits per heavy atom. The molecule has 6 rings (SSSR count). The topological polar surface area (TPSA) is 131 Å². The highest BCUT2D eigenvalue weighted by molar-refractivity contribution is 6.32. The number of para-hydroxylation sites is 1. The van der Waals surface area contributed by atoms with Crippen LogP contribution in [-0.4, -0.2) is 104 Å². The molecule has 0 aliphatic carbocycles. The lowest BCUT2D eigenvalue weighted by Gasteiger charge is -2.36. The Bertz CT molecular complexity index is 1550. The SMILES string of the molecule is O=C(CN1CCc2nc3ccccc3c(C(=O)N3CCN(CCO)CC3)c2C1)Nc1cc(Cl)cc2n[nH]nc12. The number of piperazine rings is 1. The van der Waals surface area contributed by atoms with E-state index in [-0.39, 0.29) is 25.0 Å². The van der Waals surface area contributed by atoms with Gasteiger partial charge in [0.15, 0.2) is 0 Å². The predicted molar refractivity (Wildman–Crippen MR) is 148 cm³/mol. The maximum atomic E-state index is 14.0. The zero-order valence-corrected chi connectivity index (χ0v) is 22.1. The van der Waals surface area contributed by atoms with Crippen molar-refractivity contribution in [2.45, 2.75) is 13.0 Å². The minimum atomic E-state index is -0.202. The van der Waals surface area contributed by atoms with Crippen LogP contribution in [0, 0.1) is 0 Å². The lowest BCUT2D eigenvalue weighted by atomic mass is 9.94. The second kappa shape index (κ2) is 10.9. The molecule has 11 nitrogen and oxygen atoms in total. The largest absolute Gasteiger partial charge is 0.395 e. The van der Waals surface area contributed by atoms with Crippen LogP contribution in [0.2, 0.25) is 5.02 Å². The Hall–Kier alpha value is -3.64. The van der Waals surface area contributed by atoms with Crippen LogP contribution in [-0.2, 0) is 17.8 Å². The summed E-state index contributed by atoms with van der Waals surface area (Å²) in [4.78, 5) is 38.0. The van der Waals surface area contributed by atoms with Gasteiger partial charge in [-0.15, -0.1) is 0 Å². The summed E-state index contributed by atoms with van der Waals surface area (Å²) in [6, 6.07) is 11.1. The minimum absolute atomic E-state index is 0.00727. The van der Waals surface area contributed by atoms with E-state index in [4.69, 9.17) is 16.6 Å². The number of H-pyrrole nitrogens is 1. The average Bonchev–Trinajstić information content (AvgIpc) is 3.41. The first-order valence-electron chi connectivity index (χ1n) is 13.1. The Balaban J connectivity index is 1.24. The number of amides is 2. The summed E-state index contributed by atoms with van der Waals surface area (Å²) in [5, 5.41) is 24.2. The molecule has 39 heavy (non-hydrogen) atoms. The maximum Gasteiger partial charge on any atom is 0.255 e. The molecule has 202 valence electrons. The normalized spacial score (nSPS) is 16.5. The molecule has 0 radical (unpaired) electrons. The number of halogens is 1. The van der Waals surface area contributed by atoms with Gasteiger partial charge < -0.3 is 15.3 Å². The second-order valence-electron chi connectivity index (χ2n) is 9.94. The van der Waals surface area contributed by atoms with E-state index in [2.05, 4.69) is 25.6 Å². The number of hydrogen-bond acceptors (Lipinski definition) is 8. The highest BCUT2D eigenvalue weighted by Crippen LogP contribution is 2.30. The molecule has 0 spiro atoms. The van der Waals surface area contributed by atoms with Crippen LogP contribution in [0.4, 0.5) is 5.69 Å². The fraction of sp³-hybridized carbons (Fsp3) is 0.370. The Kier molecular flexibility index (Phi) is 7.13. The lowest BCUT2D eigenvalue weighted by Crippen LogP contribution is -2.49. The van der Waals surface area contributed by atoms with Crippen LogP contribution in [0.5, 0.6) is 0 Å². The van der Waals surface area contributed by atoms with Gasteiger partial charge in [0.1, 0.15) is 11.0 Å². The number of carbonyl (C=O) groups excluding carboxylic acids is 2. The van der Waals surface area contributed by atoms with Crippen LogP contribution in [0.15, 0.2) is 36.4 Å². The number of nitrogens with zero attached hydrogens (tertiary/aromatic N) is 6. The van der Waals surface area contributed by atoms with E-state index in [1.54, 1.807) is 12.1 Å². The Morgan fingerprint density at radius 2 is 1.85 bits per heavy atom. The third kappa shape index (κ3) is 5.18. The van der Waals surface area contributed by atoms with Crippen LogP contribution in [0.1, 0.15) is 21.6 Å². The van der Waals surface area contributed by atoms with Crippen molar-refractivity contribution in [1.29, 1.82) is 0 Å². The van der Waals surface area contributed by atoms with Crippen molar-refractivity contribution in [1.82, 2.24) is 35.1 Å². The molecule has 12 heteroatoms. The van der Waals surface area contributed by atoms with Gasteiger partial charge in [-0.05, 0) is 18.2 Å². The van der Waals surface area contributed by atoms with Crippen molar-refractivity contribution in [2.75, 3.05) is 57.7 Å². The van der Waals surface area contributed by atoms with Gasteiger partial charge in [0.25, 0.3) is 5.91 Å². The van der Waals surface area contributed by atoms with Gasteiger partial charge >= 0.3 is 0 Å². The summed E-state index contributed by atoms with van der Waals surface area (Å²) in [6.07, 6.45) is 0.642. The lowest BCUT2D eigenvalue weighted by molar-refractivity contribution is -0.117. The zero-order valence-electron chi connectivity index (χ0n) is 21.4. The van der Waals surface area contributed by atoms with Crippen LogP contribution in [0.3, 0.4) is 0 Å². The van der Waals surface area contributed by atoms with Crippen molar-refractivity contribution in [3.05, 3.63) is 58.2 Å². The molecule has 1 fully saturated rings. The Labute approximate surface area is 229 Å². The van der Waals surface area contributed by atoms with E-state index in [0.717, 1.165) is 35.2 Å². The smallest absolute Gasteiger partial charge is 0.255 e. The number of anilines is 1. The number of hydrogen-bond donors (Lipinski definition) is 3. The highest BCUT2D eigenvalue weighted by Gasteiger charge is 2.30. The van der Waals surface area contributed by atoms with Gasteiger partial charge in [-0.1, -0.05) is 29.8 Å². The molecule has 0 saturated carbocycles. The summed E-state index contributed by atoms with van der Waals surface area (Å²) in [6.45, 7) is 4.63. The summed E-state index contributed by atoms with van der Waals surface area (Å²) in [7, 11) is 0. The fourth-order valence-electron chi connectivity index (χ4n) is 5.50. The van der Waals surface area contributed by atoms with Crippen LogP contribution < -0.4 is 5.32 Å². The number of aliphatic hydroxyl groups excluding tert-OH is 1. The second-order valence-corrected chi connectivity index (χ2v) is 10.4. The number of β-amino-alcohol motifs (C(OH)–C–C–N with tert-alkyl or cyclic N) is 1. The molecule has 2 aromatic heterocycles. The zero-order chi connectivity index (χ0) is 26.9. The third-order valence-corrected chi connectivity index (χ3v) is 7.66. The molecule has 3 N–H and O–H groups in total. The van der Waals surface area contributed by atoms with Crippen molar-refractivity contribution in [2.24, 2.45) is 0 Å². The molecule has 4 aromatic rings. The standard InChI is InChI=1S/C27H29ClN8O3/c28-17-13-22(26-23(14-17)31-33-32-26)30-24(38)16-35-6-5-21-19(15-35)25(18-3-1-2-4-20(18)29-21)27(39)36-9-7-34(8-10-36)11-12-37/h1-4,13-14,37H,5-12,15-16H2,(H,30,38)(H,31,32,33). The van der Waals surface area contributed by atoms with Crippen molar-refractivity contribution in [3.63, 3.8) is 0 Å². The number of pyridine rings is 1. The summed E-state index contributed by atoms with van der Waals surface area (Å²) >= 11 is 6.19.